The van der Waals surface area contributed by atoms with Crippen LogP contribution in [-0.4, -0.2) is 34.0 Å². The van der Waals surface area contributed by atoms with Crippen molar-refractivity contribution in [1.82, 2.24) is 4.90 Å². The molecule has 2 saturated carbocycles. The van der Waals surface area contributed by atoms with Gasteiger partial charge >= 0.3 is 5.97 Å². The Balaban J connectivity index is 2.07. The largest absolute Gasteiger partial charge is 0.481 e. The molecular formula is C14H23NO3. The van der Waals surface area contributed by atoms with Crippen molar-refractivity contribution in [3.05, 3.63) is 0 Å². The monoisotopic (exact) mass is 253 g/mol. The third kappa shape index (κ3) is 2.38. The number of aliphatic carboxylic acids is 1. The number of carboxylic acids is 1. The standard InChI is InChI=1S/C14H23NO3/c1-8(2)9(3)15(10-4-5-10)13(16)11-6-7-12(11)14(17)18/h8-12H,4-7H2,1-3H3,(H,17,18). The number of carbonyl (C=O) groups excluding carboxylic acids is 1. The van der Waals surface area contributed by atoms with Gasteiger partial charge in [0.25, 0.3) is 0 Å². The summed E-state index contributed by atoms with van der Waals surface area (Å²) in [5.41, 5.74) is 0. The molecule has 2 fully saturated rings. The van der Waals surface area contributed by atoms with E-state index in [0.29, 0.717) is 18.4 Å². The molecule has 4 heteroatoms. The average Bonchev–Trinajstić information content (AvgIpc) is 2.98. The van der Waals surface area contributed by atoms with Crippen LogP contribution in [0, 0.1) is 17.8 Å². The van der Waals surface area contributed by atoms with E-state index in [0.717, 1.165) is 19.3 Å². The van der Waals surface area contributed by atoms with Crippen LogP contribution in [0.3, 0.4) is 0 Å². The Kier molecular flexibility index (Phi) is 3.64. The molecule has 2 rings (SSSR count). The summed E-state index contributed by atoms with van der Waals surface area (Å²) in [6.45, 7) is 6.31. The highest BCUT2D eigenvalue weighted by Gasteiger charge is 2.47. The van der Waals surface area contributed by atoms with Crippen LogP contribution in [0.25, 0.3) is 0 Å². The molecule has 102 valence electrons. The first-order valence-corrected chi connectivity index (χ1v) is 6.98. The Labute approximate surface area is 108 Å². The first-order chi connectivity index (χ1) is 8.43. The van der Waals surface area contributed by atoms with E-state index >= 15 is 0 Å². The first-order valence-electron chi connectivity index (χ1n) is 6.98. The lowest BCUT2D eigenvalue weighted by molar-refractivity contribution is -0.158. The predicted octanol–water partition coefficient (Wildman–Crippen LogP) is 2.13. The zero-order valence-electron chi connectivity index (χ0n) is 11.4. The van der Waals surface area contributed by atoms with Gasteiger partial charge in [0.05, 0.1) is 11.8 Å². The number of amides is 1. The van der Waals surface area contributed by atoms with Gasteiger partial charge in [-0.3, -0.25) is 9.59 Å². The van der Waals surface area contributed by atoms with Crippen LogP contribution >= 0.6 is 0 Å². The maximum atomic E-state index is 12.5. The van der Waals surface area contributed by atoms with Crippen molar-refractivity contribution in [1.29, 1.82) is 0 Å². The van der Waals surface area contributed by atoms with Crippen molar-refractivity contribution in [2.45, 2.75) is 58.5 Å². The molecule has 1 N–H and O–H groups in total. The zero-order chi connectivity index (χ0) is 13.4. The van der Waals surface area contributed by atoms with E-state index in [-0.39, 0.29) is 17.9 Å². The molecular weight excluding hydrogens is 230 g/mol. The molecule has 18 heavy (non-hydrogen) atoms. The Morgan fingerprint density at radius 3 is 1.94 bits per heavy atom. The summed E-state index contributed by atoms with van der Waals surface area (Å²) in [7, 11) is 0. The van der Waals surface area contributed by atoms with Gasteiger partial charge in [0, 0.05) is 12.1 Å². The minimum atomic E-state index is -0.812. The molecule has 0 bridgehead atoms. The highest BCUT2D eigenvalue weighted by Crippen LogP contribution is 2.40. The van der Waals surface area contributed by atoms with Gasteiger partial charge in [0.2, 0.25) is 5.91 Å². The Morgan fingerprint density at radius 1 is 1.06 bits per heavy atom. The maximum absolute atomic E-state index is 12.5. The fourth-order valence-electron chi connectivity index (χ4n) is 2.67. The summed E-state index contributed by atoms with van der Waals surface area (Å²) in [4.78, 5) is 25.5. The molecule has 4 nitrogen and oxygen atoms in total. The van der Waals surface area contributed by atoms with Gasteiger partial charge in [0.1, 0.15) is 0 Å². The molecule has 3 atom stereocenters. The van der Waals surface area contributed by atoms with Crippen LogP contribution in [-0.2, 0) is 9.59 Å². The van der Waals surface area contributed by atoms with E-state index in [4.69, 9.17) is 5.11 Å². The van der Waals surface area contributed by atoms with Crippen LogP contribution in [0.5, 0.6) is 0 Å². The van der Waals surface area contributed by atoms with Gasteiger partial charge in [-0.15, -0.1) is 0 Å². The van der Waals surface area contributed by atoms with Crippen LogP contribution in [0.1, 0.15) is 46.5 Å². The second-order valence-corrected chi connectivity index (χ2v) is 6.09. The molecule has 0 aliphatic heterocycles. The molecule has 0 radical (unpaired) electrons. The third-order valence-corrected chi connectivity index (χ3v) is 4.51. The Hall–Kier alpha value is -1.06. The molecule has 2 aliphatic carbocycles. The lowest BCUT2D eigenvalue weighted by atomic mass is 9.72. The number of nitrogens with zero attached hydrogens (tertiary/aromatic N) is 1. The number of rotatable bonds is 5. The lowest BCUT2D eigenvalue weighted by Gasteiger charge is -2.40. The van der Waals surface area contributed by atoms with E-state index < -0.39 is 11.9 Å². The SMILES string of the molecule is CC(C)C(C)N(C(=O)C1CCC1C(=O)O)C1CC1. The van der Waals surface area contributed by atoms with Gasteiger partial charge in [-0.2, -0.15) is 0 Å². The van der Waals surface area contributed by atoms with Gasteiger partial charge in [-0.1, -0.05) is 13.8 Å². The molecule has 1 amide bonds. The number of carbonyl (C=O) groups is 2. The van der Waals surface area contributed by atoms with Crippen molar-refractivity contribution < 1.29 is 14.7 Å². The van der Waals surface area contributed by atoms with Crippen molar-refractivity contribution >= 4 is 11.9 Å². The summed E-state index contributed by atoms with van der Waals surface area (Å²) < 4.78 is 0. The molecule has 0 heterocycles. The minimum Gasteiger partial charge on any atom is -0.481 e. The van der Waals surface area contributed by atoms with E-state index in [2.05, 4.69) is 20.8 Å². The minimum absolute atomic E-state index is 0.0809. The fraction of sp³-hybridized carbons (Fsp3) is 0.857. The van der Waals surface area contributed by atoms with Gasteiger partial charge in [-0.25, -0.2) is 0 Å². The summed E-state index contributed by atoms with van der Waals surface area (Å²) in [6, 6.07) is 0.574. The highest BCUT2D eigenvalue weighted by atomic mass is 16.4. The quantitative estimate of drug-likeness (QED) is 0.816. The van der Waals surface area contributed by atoms with E-state index in [1.54, 1.807) is 0 Å². The van der Waals surface area contributed by atoms with Gasteiger partial charge in [-0.05, 0) is 38.5 Å². The maximum Gasteiger partial charge on any atom is 0.307 e. The fourth-order valence-corrected chi connectivity index (χ4v) is 2.67. The molecule has 0 spiro atoms. The highest BCUT2D eigenvalue weighted by molar-refractivity contribution is 5.87. The molecule has 0 aromatic carbocycles. The van der Waals surface area contributed by atoms with Gasteiger partial charge < -0.3 is 10.0 Å². The van der Waals surface area contributed by atoms with Crippen molar-refractivity contribution in [2.24, 2.45) is 17.8 Å². The van der Waals surface area contributed by atoms with Crippen LogP contribution < -0.4 is 0 Å². The van der Waals surface area contributed by atoms with Crippen LogP contribution in [0.4, 0.5) is 0 Å². The Morgan fingerprint density at radius 2 is 1.61 bits per heavy atom. The number of carboxylic acid groups (broad SMARTS) is 1. The molecule has 3 unspecified atom stereocenters. The van der Waals surface area contributed by atoms with E-state index in [1.807, 2.05) is 4.90 Å². The third-order valence-electron chi connectivity index (χ3n) is 4.51. The molecule has 0 aromatic rings. The average molecular weight is 253 g/mol. The van der Waals surface area contributed by atoms with Crippen LogP contribution in [0.2, 0.25) is 0 Å². The molecule has 0 saturated heterocycles. The summed E-state index contributed by atoms with van der Waals surface area (Å²) >= 11 is 0. The van der Waals surface area contributed by atoms with Crippen LogP contribution in [0.15, 0.2) is 0 Å². The predicted molar refractivity (Wildman–Crippen MR) is 68.0 cm³/mol. The lowest BCUT2D eigenvalue weighted by Crippen LogP contribution is -2.51. The topological polar surface area (TPSA) is 57.6 Å². The van der Waals surface area contributed by atoms with E-state index in [9.17, 15) is 9.59 Å². The molecule has 2 aliphatic rings. The Bertz CT molecular complexity index is 349. The zero-order valence-corrected chi connectivity index (χ0v) is 11.4. The molecule has 0 aromatic heterocycles. The summed E-state index contributed by atoms with van der Waals surface area (Å²) in [5.74, 6) is -1.04. The number of hydrogen-bond donors (Lipinski definition) is 1. The smallest absolute Gasteiger partial charge is 0.307 e. The normalized spacial score (nSPS) is 28.7. The first kappa shape index (κ1) is 13.4. The van der Waals surface area contributed by atoms with Gasteiger partial charge in [0.15, 0.2) is 0 Å². The van der Waals surface area contributed by atoms with E-state index in [1.165, 1.54) is 0 Å². The second-order valence-electron chi connectivity index (χ2n) is 6.09. The summed E-state index contributed by atoms with van der Waals surface area (Å²) in [6.07, 6.45) is 3.55. The van der Waals surface area contributed by atoms with Crippen molar-refractivity contribution in [2.75, 3.05) is 0 Å². The number of hydrogen-bond acceptors (Lipinski definition) is 2. The summed E-state index contributed by atoms with van der Waals surface area (Å²) in [5, 5.41) is 9.07. The second kappa shape index (κ2) is 4.90. The van der Waals surface area contributed by atoms with Crippen molar-refractivity contribution in [3.63, 3.8) is 0 Å². The van der Waals surface area contributed by atoms with Crippen molar-refractivity contribution in [3.8, 4) is 0 Å².